The van der Waals surface area contributed by atoms with Crippen LogP contribution in [-0.2, 0) is 21.6 Å². The first-order valence-electron chi connectivity index (χ1n) is 6.41. The van der Waals surface area contributed by atoms with Crippen molar-refractivity contribution in [3.8, 4) is 0 Å². The Morgan fingerprint density at radius 3 is 2.83 bits per heavy atom. The molecule has 0 saturated carbocycles. The van der Waals surface area contributed by atoms with Crippen molar-refractivity contribution in [2.24, 2.45) is 5.73 Å². The van der Waals surface area contributed by atoms with Crippen molar-refractivity contribution in [3.63, 3.8) is 0 Å². The molecule has 0 amide bonds. The van der Waals surface area contributed by atoms with Gasteiger partial charge in [-0.15, -0.1) is 0 Å². The highest BCUT2D eigenvalue weighted by molar-refractivity contribution is 5.43. The lowest BCUT2D eigenvalue weighted by Gasteiger charge is -2.21. The summed E-state index contributed by atoms with van der Waals surface area (Å²) < 4.78 is 10.5. The zero-order chi connectivity index (χ0) is 12.8. The van der Waals surface area contributed by atoms with Crippen LogP contribution in [0.4, 0.5) is 0 Å². The second-order valence-corrected chi connectivity index (χ2v) is 5.09. The molecular formula is C14H20N2O2. The molecule has 4 heteroatoms. The van der Waals surface area contributed by atoms with Crippen LogP contribution < -0.4 is 5.73 Å². The highest BCUT2D eigenvalue weighted by Gasteiger charge is 2.63. The maximum Gasteiger partial charge on any atom is 0.169 e. The number of methoxy groups -OCH3 is 2. The van der Waals surface area contributed by atoms with Gasteiger partial charge in [-0.25, -0.2) is 0 Å². The molecule has 18 heavy (non-hydrogen) atoms. The Morgan fingerprint density at radius 1 is 1.39 bits per heavy atom. The molecule has 1 aliphatic heterocycles. The van der Waals surface area contributed by atoms with Gasteiger partial charge in [0.2, 0.25) is 0 Å². The second kappa shape index (κ2) is 4.31. The standard InChI is InChI=1S/C14H20N2O2/c1-17-13(18-2)9-16-12-8-7-10-5-3-4-6-11(10)14(12,16)15/h3-6,12-13H,7-9,15H2,1-2H3/t12-,14+,16?/m0/s1. The van der Waals surface area contributed by atoms with Gasteiger partial charge in [0.25, 0.3) is 0 Å². The average Bonchev–Trinajstić information content (AvgIpc) is 3.01. The fraction of sp³-hybridized carbons (Fsp3) is 0.571. The van der Waals surface area contributed by atoms with Crippen LogP contribution in [0, 0.1) is 0 Å². The van der Waals surface area contributed by atoms with Gasteiger partial charge < -0.3 is 15.2 Å². The number of nitrogens with zero attached hydrogens (tertiary/aromatic N) is 1. The number of aryl methyl sites for hydroxylation is 1. The quantitative estimate of drug-likeness (QED) is 0.639. The Bertz CT molecular complexity index is 447. The molecule has 1 aromatic carbocycles. The first kappa shape index (κ1) is 12.1. The molecule has 1 unspecified atom stereocenters. The molecule has 1 saturated heterocycles. The average molecular weight is 248 g/mol. The number of rotatable bonds is 4. The molecule has 2 aliphatic rings. The van der Waals surface area contributed by atoms with Crippen molar-refractivity contribution in [2.75, 3.05) is 20.8 Å². The van der Waals surface area contributed by atoms with Crippen LogP contribution in [0.25, 0.3) is 0 Å². The fourth-order valence-electron chi connectivity index (χ4n) is 3.24. The van der Waals surface area contributed by atoms with Crippen molar-refractivity contribution in [1.29, 1.82) is 0 Å². The fourth-order valence-corrected chi connectivity index (χ4v) is 3.24. The van der Waals surface area contributed by atoms with Gasteiger partial charge in [0.05, 0.1) is 6.54 Å². The highest BCUT2D eigenvalue weighted by atomic mass is 16.7. The minimum Gasteiger partial charge on any atom is -0.355 e. The van der Waals surface area contributed by atoms with Gasteiger partial charge in [0.1, 0.15) is 5.66 Å². The van der Waals surface area contributed by atoms with E-state index in [9.17, 15) is 0 Å². The monoisotopic (exact) mass is 248 g/mol. The molecule has 1 aliphatic carbocycles. The van der Waals surface area contributed by atoms with Gasteiger partial charge in [-0.05, 0) is 24.0 Å². The maximum atomic E-state index is 6.58. The Balaban J connectivity index is 1.83. The number of fused-ring (bicyclic) bond motifs is 3. The molecule has 0 radical (unpaired) electrons. The Labute approximate surface area is 108 Å². The van der Waals surface area contributed by atoms with E-state index in [1.807, 2.05) is 0 Å². The third kappa shape index (κ3) is 1.61. The van der Waals surface area contributed by atoms with Crippen LogP contribution in [0.3, 0.4) is 0 Å². The van der Waals surface area contributed by atoms with Crippen LogP contribution >= 0.6 is 0 Å². The van der Waals surface area contributed by atoms with E-state index < -0.39 is 0 Å². The number of nitrogens with two attached hydrogens (primary N) is 1. The highest BCUT2D eigenvalue weighted by Crippen LogP contribution is 2.51. The zero-order valence-corrected chi connectivity index (χ0v) is 10.9. The number of hydrogen-bond acceptors (Lipinski definition) is 4. The Hall–Kier alpha value is -0.940. The van der Waals surface area contributed by atoms with E-state index in [4.69, 9.17) is 15.2 Å². The molecule has 1 aromatic rings. The molecule has 4 nitrogen and oxygen atoms in total. The smallest absolute Gasteiger partial charge is 0.169 e. The van der Waals surface area contributed by atoms with Gasteiger partial charge in [-0.3, -0.25) is 4.90 Å². The van der Waals surface area contributed by atoms with E-state index in [-0.39, 0.29) is 12.0 Å². The summed E-state index contributed by atoms with van der Waals surface area (Å²) >= 11 is 0. The number of hydrogen-bond donors (Lipinski definition) is 1. The molecule has 1 fully saturated rings. The molecular weight excluding hydrogens is 228 g/mol. The maximum absolute atomic E-state index is 6.58. The van der Waals surface area contributed by atoms with E-state index >= 15 is 0 Å². The molecule has 0 aromatic heterocycles. The third-order valence-corrected chi connectivity index (χ3v) is 4.30. The predicted molar refractivity (Wildman–Crippen MR) is 68.9 cm³/mol. The van der Waals surface area contributed by atoms with Gasteiger partial charge in [-0.2, -0.15) is 0 Å². The minimum atomic E-state index is -0.301. The first-order chi connectivity index (χ1) is 8.71. The molecule has 0 bridgehead atoms. The predicted octanol–water partition coefficient (Wildman–Crippen LogP) is 1.05. The van der Waals surface area contributed by atoms with Crippen molar-refractivity contribution < 1.29 is 9.47 Å². The summed E-state index contributed by atoms with van der Waals surface area (Å²) in [7, 11) is 3.33. The first-order valence-corrected chi connectivity index (χ1v) is 6.41. The van der Waals surface area contributed by atoms with Gasteiger partial charge in [-0.1, -0.05) is 24.3 Å². The van der Waals surface area contributed by atoms with Crippen molar-refractivity contribution in [2.45, 2.75) is 30.8 Å². The third-order valence-electron chi connectivity index (χ3n) is 4.30. The summed E-state index contributed by atoms with van der Waals surface area (Å²) in [6.07, 6.45) is 2.03. The van der Waals surface area contributed by atoms with E-state index in [1.165, 1.54) is 11.1 Å². The van der Waals surface area contributed by atoms with E-state index in [2.05, 4.69) is 29.2 Å². The zero-order valence-electron chi connectivity index (χ0n) is 10.9. The Morgan fingerprint density at radius 2 is 2.11 bits per heavy atom. The van der Waals surface area contributed by atoms with Gasteiger partial charge >= 0.3 is 0 Å². The van der Waals surface area contributed by atoms with Gasteiger partial charge in [0, 0.05) is 20.3 Å². The SMILES string of the molecule is COC(CN1[C@H]2CCc3ccccc3[C@]21N)OC. The topological polar surface area (TPSA) is 47.5 Å². The van der Waals surface area contributed by atoms with Crippen molar-refractivity contribution in [1.82, 2.24) is 4.90 Å². The number of ether oxygens (including phenoxy) is 2. The lowest BCUT2D eigenvalue weighted by molar-refractivity contribution is -0.109. The molecule has 3 rings (SSSR count). The van der Waals surface area contributed by atoms with Crippen LogP contribution in [0.1, 0.15) is 17.5 Å². The minimum absolute atomic E-state index is 0.205. The van der Waals surface area contributed by atoms with Crippen molar-refractivity contribution >= 4 is 0 Å². The van der Waals surface area contributed by atoms with Crippen LogP contribution in [0.15, 0.2) is 24.3 Å². The summed E-state index contributed by atoms with van der Waals surface area (Å²) in [6.45, 7) is 0.725. The van der Waals surface area contributed by atoms with Crippen molar-refractivity contribution in [3.05, 3.63) is 35.4 Å². The summed E-state index contributed by atoms with van der Waals surface area (Å²) in [5.41, 5.74) is 8.93. The van der Waals surface area contributed by atoms with E-state index in [0.29, 0.717) is 6.04 Å². The lowest BCUT2D eigenvalue weighted by atomic mass is 9.88. The summed E-state index contributed by atoms with van der Waals surface area (Å²) in [5.74, 6) is 0. The largest absolute Gasteiger partial charge is 0.355 e. The number of benzene rings is 1. The molecule has 3 atom stereocenters. The Kier molecular flexibility index (Phi) is 2.90. The molecule has 1 heterocycles. The molecule has 0 spiro atoms. The summed E-state index contributed by atoms with van der Waals surface area (Å²) in [4.78, 5) is 2.29. The lowest BCUT2D eigenvalue weighted by Crippen LogP contribution is -2.34. The van der Waals surface area contributed by atoms with Crippen LogP contribution in [-0.4, -0.2) is 38.0 Å². The van der Waals surface area contributed by atoms with Gasteiger partial charge in [0.15, 0.2) is 6.29 Å². The van der Waals surface area contributed by atoms with E-state index in [1.54, 1.807) is 14.2 Å². The van der Waals surface area contributed by atoms with Crippen LogP contribution in [0.5, 0.6) is 0 Å². The normalized spacial score (nSPS) is 33.1. The molecule has 98 valence electrons. The molecule has 2 N–H and O–H groups in total. The van der Waals surface area contributed by atoms with Crippen LogP contribution in [0.2, 0.25) is 0 Å². The summed E-state index contributed by atoms with van der Waals surface area (Å²) in [5, 5.41) is 0. The second-order valence-electron chi connectivity index (χ2n) is 5.09. The summed E-state index contributed by atoms with van der Waals surface area (Å²) in [6, 6.07) is 8.91. The van der Waals surface area contributed by atoms with E-state index in [0.717, 1.165) is 19.4 Å².